The molecule has 0 aliphatic heterocycles. The van der Waals surface area contributed by atoms with Crippen molar-refractivity contribution < 1.29 is 0 Å². The van der Waals surface area contributed by atoms with Gasteiger partial charge in [-0.2, -0.15) is 0 Å². The molecule has 1 aliphatic rings. The summed E-state index contributed by atoms with van der Waals surface area (Å²) >= 11 is 0. The van der Waals surface area contributed by atoms with E-state index in [-0.39, 0.29) is 0 Å². The van der Waals surface area contributed by atoms with Crippen LogP contribution in [0.1, 0.15) is 52.4 Å². The maximum absolute atomic E-state index is 3.48. The van der Waals surface area contributed by atoms with Crippen molar-refractivity contribution in [2.75, 3.05) is 26.7 Å². The largest absolute Gasteiger partial charge is 0.317 e. The molecule has 0 saturated heterocycles. The van der Waals surface area contributed by atoms with E-state index >= 15 is 0 Å². The van der Waals surface area contributed by atoms with Crippen LogP contribution in [0.5, 0.6) is 0 Å². The summed E-state index contributed by atoms with van der Waals surface area (Å²) in [5.41, 5.74) is 0. The third kappa shape index (κ3) is 5.31. The molecule has 2 atom stereocenters. The molecule has 0 aromatic rings. The second-order valence-corrected chi connectivity index (χ2v) is 5.51. The van der Waals surface area contributed by atoms with Crippen molar-refractivity contribution in [3.8, 4) is 0 Å². The van der Waals surface area contributed by atoms with E-state index in [1.165, 1.54) is 58.2 Å². The highest BCUT2D eigenvalue weighted by Gasteiger charge is 2.21. The average Bonchev–Trinajstić information content (AvgIpc) is 2.28. The molecule has 0 aromatic heterocycles. The van der Waals surface area contributed by atoms with Crippen LogP contribution in [0.2, 0.25) is 0 Å². The standard InChI is InChI=1S/C14H30N2/c1-4-9-15-10-6-11-16(3)14-8-5-7-13(2)12-14/h13-15H,4-12H2,1-3H3. The highest BCUT2D eigenvalue weighted by Crippen LogP contribution is 2.26. The van der Waals surface area contributed by atoms with E-state index in [0.717, 1.165) is 12.0 Å². The minimum Gasteiger partial charge on any atom is -0.317 e. The number of nitrogens with zero attached hydrogens (tertiary/aromatic N) is 1. The third-order valence-electron chi connectivity index (χ3n) is 3.82. The monoisotopic (exact) mass is 226 g/mol. The van der Waals surface area contributed by atoms with Crippen LogP contribution >= 0.6 is 0 Å². The molecule has 2 nitrogen and oxygen atoms in total. The Morgan fingerprint density at radius 1 is 1.25 bits per heavy atom. The topological polar surface area (TPSA) is 15.3 Å². The molecule has 1 fully saturated rings. The van der Waals surface area contributed by atoms with E-state index in [1.807, 2.05) is 0 Å². The Hall–Kier alpha value is -0.0800. The van der Waals surface area contributed by atoms with E-state index in [1.54, 1.807) is 0 Å². The van der Waals surface area contributed by atoms with Crippen molar-refractivity contribution in [1.29, 1.82) is 0 Å². The zero-order valence-corrected chi connectivity index (χ0v) is 11.5. The van der Waals surface area contributed by atoms with E-state index in [2.05, 4.69) is 31.1 Å². The van der Waals surface area contributed by atoms with Gasteiger partial charge in [-0.1, -0.05) is 26.7 Å². The SMILES string of the molecule is CCCNCCCN(C)C1CCCC(C)C1. The first kappa shape index (κ1) is 14.0. The van der Waals surface area contributed by atoms with Crippen LogP contribution in [-0.4, -0.2) is 37.6 Å². The van der Waals surface area contributed by atoms with Crippen molar-refractivity contribution in [2.45, 2.75) is 58.4 Å². The quantitative estimate of drug-likeness (QED) is 0.672. The zero-order valence-electron chi connectivity index (χ0n) is 11.5. The summed E-state index contributed by atoms with van der Waals surface area (Å²) in [4.78, 5) is 2.59. The Morgan fingerprint density at radius 2 is 2.06 bits per heavy atom. The van der Waals surface area contributed by atoms with Gasteiger partial charge in [-0.05, 0) is 58.3 Å². The van der Waals surface area contributed by atoms with Gasteiger partial charge < -0.3 is 10.2 Å². The summed E-state index contributed by atoms with van der Waals surface area (Å²) in [6.45, 7) is 8.24. The van der Waals surface area contributed by atoms with Crippen molar-refractivity contribution in [3.63, 3.8) is 0 Å². The Balaban J connectivity index is 2.06. The van der Waals surface area contributed by atoms with Gasteiger partial charge in [0.1, 0.15) is 0 Å². The second kappa shape index (κ2) is 8.08. The van der Waals surface area contributed by atoms with Gasteiger partial charge in [0.25, 0.3) is 0 Å². The summed E-state index contributed by atoms with van der Waals surface area (Å²) in [7, 11) is 2.31. The normalized spacial score (nSPS) is 26.2. The van der Waals surface area contributed by atoms with E-state index in [9.17, 15) is 0 Å². The fourth-order valence-electron chi connectivity index (χ4n) is 2.74. The summed E-state index contributed by atoms with van der Waals surface area (Å²) in [5, 5.41) is 3.48. The lowest BCUT2D eigenvalue weighted by Gasteiger charge is -2.34. The summed E-state index contributed by atoms with van der Waals surface area (Å²) < 4.78 is 0. The van der Waals surface area contributed by atoms with Gasteiger partial charge in [0.05, 0.1) is 0 Å². The molecule has 2 heteroatoms. The second-order valence-electron chi connectivity index (χ2n) is 5.51. The molecule has 0 spiro atoms. The van der Waals surface area contributed by atoms with Crippen LogP contribution < -0.4 is 5.32 Å². The Kier molecular flexibility index (Phi) is 7.06. The van der Waals surface area contributed by atoms with Crippen LogP contribution in [-0.2, 0) is 0 Å². The molecular weight excluding hydrogens is 196 g/mol. The maximum Gasteiger partial charge on any atom is 0.00947 e. The highest BCUT2D eigenvalue weighted by molar-refractivity contribution is 4.77. The molecule has 96 valence electrons. The molecule has 0 aromatic carbocycles. The molecule has 1 aliphatic carbocycles. The fraction of sp³-hybridized carbons (Fsp3) is 1.00. The Morgan fingerprint density at radius 3 is 2.75 bits per heavy atom. The van der Waals surface area contributed by atoms with Crippen LogP contribution in [0.3, 0.4) is 0 Å². The van der Waals surface area contributed by atoms with Gasteiger partial charge in [-0.25, -0.2) is 0 Å². The molecule has 1 N–H and O–H groups in total. The number of nitrogens with one attached hydrogen (secondary N) is 1. The lowest BCUT2D eigenvalue weighted by Crippen LogP contribution is -2.37. The van der Waals surface area contributed by atoms with Crippen molar-refractivity contribution in [3.05, 3.63) is 0 Å². The molecular formula is C14H30N2. The van der Waals surface area contributed by atoms with Gasteiger partial charge >= 0.3 is 0 Å². The van der Waals surface area contributed by atoms with Crippen molar-refractivity contribution in [2.24, 2.45) is 5.92 Å². The fourth-order valence-corrected chi connectivity index (χ4v) is 2.74. The summed E-state index contributed by atoms with van der Waals surface area (Å²) in [6.07, 6.45) is 8.26. The number of rotatable bonds is 7. The number of hydrogen-bond acceptors (Lipinski definition) is 2. The molecule has 1 saturated carbocycles. The molecule has 2 unspecified atom stereocenters. The predicted molar refractivity (Wildman–Crippen MR) is 71.8 cm³/mol. The van der Waals surface area contributed by atoms with Crippen LogP contribution in [0.25, 0.3) is 0 Å². The average molecular weight is 226 g/mol. The Bertz CT molecular complexity index is 170. The number of hydrogen-bond donors (Lipinski definition) is 1. The molecule has 1 rings (SSSR count). The van der Waals surface area contributed by atoms with Crippen LogP contribution in [0, 0.1) is 5.92 Å². The van der Waals surface area contributed by atoms with Crippen LogP contribution in [0.4, 0.5) is 0 Å². The minimum atomic E-state index is 0.856. The summed E-state index contributed by atoms with van der Waals surface area (Å²) in [5.74, 6) is 0.944. The maximum atomic E-state index is 3.48. The minimum absolute atomic E-state index is 0.856. The van der Waals surface area contributed by atoms with E-state index in [4.69, 9.17) is 0 Å². The van der Waals surface area contributed by atoms with Crippen molar-refractivity contribution in [1.82, 2.24) is 10.2 Å². The lowest BCUT2D eigenvalue weighted by molar-refractivity contribution is 0.162. The van der Waals surface area contributed by atoms with E-state index < -0.39 is 0 Å². The lowest BCUT2D eigenvalue weighted by atomic mass is 9.86. The molecule has 0 radical (unpaired) electrons. The van der Waals surface area contributed by atoms with Crippen LogP contribution in [0.15, 0.2) is 0 Å². The first-order valence-corrected chi connectivity index (χ1v) is 7.15. The smallest absolute Gasteiger partial charge is 0.00947 e. The van der Waals surface area contributed by atoms with Gasteiger partial charge in [-0.15, -0.1) is 0 Å². The zero-order chi connectivity index (χ0) is 11.8. The molecule has 16 heavy (non-hydrogen) atoms. The predicted octanol–water partition coefficient (Wildman–Crippen LogP) is 2.89. The van der Waals surface area contributed by atoms with Gasteiger partial charge in [0, 0.05) is 6.04 Å². The first-order chi connectivity index (χ1) is 7.74. The Labute approximate surface area is 102 Å². The van der Waals surface area contributed by atoms with Gasteiger partial charge in [0.2, 0.25) is 0 Å². The molecule has 0 bridgehead atoms. The first-order valence-electron chi connectivity index (χ1n) is 7.15. The van der Waals surface area contributed by atoms with E-state index in [0.29, 0.717) is 0 Å². The van der Waals surface area contributed by atoms with Crippen molar-refractivity contribution >= 4 is 0 Å². The highest BCUT2D eigenvalue weighted by atomic mass is 15.1. The van der Waals surface area contributed by atoms with Gasteiger partial charge in [0.15, 0.2) is 0 Å². The molecule has 0 amide bonds. The molecule has 0 heterocycles. The van der Waals surface area contributed by atoms with Gasteiger partial charge in [-0.3, -0.25) is 0 Å². The summed E-state index contributed by atoms with van der Waals surface area (Å²) in [6, 6.07) is 0.856. The third-order valence-corrected chi connectivity index (χ3v) is 3.82.